The molecule has 5 heteroatoms. The summed E-state index contributed by atoms with van der Waals surface area (Å²) in [7, 11) is 1.43. The molecule has 0 aromatic heterocycles. The molecule has 3 rings (SSSR count). The molecular weight excluding hydrogens is 282 g/mol. The van der Waals surface area contributed by atoms with Gasteiger partial charge >= 0.3 is 0 Å². The number of phenols is 1. The number of nitrogens with one attached hydrogen (secondary N) is 1. The number of carbonyl (C=O) groups is 2. The van der Waals surface area contributed by atoms with E-state index in [0.717, 1.165) is 0 Å². The molecule has 2 aromatic carbocycles. The Labute approximate surface area is 127 Å². The van der Waals surface area contributed by atoms with Crippen LogP contribution in [0, 0.1) is 0 Å². The number of benzene rings is 2. The maximum Gasteiger partial charge on any atom is 0.228 e. The second kappa shape index (κ2) is 5.18. The van der Waals surface area contributed by atoms with Crippen molar-refractivity contribution in [3.63, 3.8) is 0 Å². The number of ether oxygens (including phenoxy) is 1. The molecule has 0 aliphatic carbocycles. The second-order valence-electron chi connectivity index (χ2n) is 5.15. The van der Waals surface area contributed by atoms with Crippen molar-refractivity contribution in [1.29, 1.82) is 0 Å². The zero-order valence-electron chi connectivity index (χ0n) is 12.0. The molecule has 2 aromatic rings. The highest BCUT2D eigenvalue weighted by atomic mass is 16.5. The highest BCUT2D eigenvalue weighted by molar-refractivity contribution is 6.12. The van der Waals surface area contributed by atoms with E-state index >= 15 is 0 Å². The predicted molar refractivity (Wildman–Crippen MR) is 79.6 cm³/mol. The van der Waals surface area contributed by atoms with Gasteiger partial charge in [0.25, 0.3) is 0 Å². The summed E-state index contributed by atoms with van der Waals surface area (Å²) in [5.41, 5.74) is 0.00191. The van der Waals surface area contributed by atoms with Crippen molar-refractivity contribution in [3.8, 4) is 11.5 Å². The first-order valence-corrected chi connectivity index (χ1v) is 6.85. The van der Waals surface area contributed by atoms with Crippen molar-refractivity contribution in [3.05, 3.63) is 59.7 Å². The molecule has 0 bridgehead atoms. The number of ketones is 1. The molecule has 0 spiro atoms. The fourth-order valence-electron chi connectivity index (χ4n) is 2.83. The first-order valence-electron chi connectivity index (χ1n) is 6.85. The number of hydrogen-bond donors (Lipinski definition) is 2. The third-order valence-corrected chi connectivity index (χ3v) is 3.89. The topological polar surface area (TPSA) is 75.6 Å². The van der Waals surface area contributed by atoms with E-state index in [9.17, 15) is 14.7 Å². The molecule has 112 valence electrons. The van der Waals surface area contributed by atoms with Crippen LogP contribution in [0.4, 0.5) is 0 Å². The van der Waals surface area contributed by atoms with Gasteiger partial charge in [-0.3, -0.25) is 9.59 Å². The standard InChI is InChI=1S/C17H15NO4/c1-22-14-9-12(7-8-13(14)19)17(11-5-3-2-4-6-11)15(20)10-16(21)18-17/h2-9,19H,10H2,1H3,(H,18,21). The summed E-state index contributed by atoms with van der Waals surface area (Å²) in [6.07, 6.45) is -0.169. The number of aromatic hydroxyl groups is 1. The average Bonchev–Trinajstić information content (AvgIpc) is 2.84. The van der Waals surface area contributed by atoms with E-state index in [2.05, 4.69) is 5.32 Å². The predicted octanol–water partition coefficient (Wildman–Crippen LogP) is 1.73. The van der Waals surface area contributed by atoms with E-state index in [-0.39, 0.29) is 29.6 Å². The van der Waals surface area contributed by atoms with Crippen LogP contribution in [0.25, 0.3) is 0 Å². The smallest absolute Gasteiger partial charge is 0.228 e. The van der Waals surface area contributed by atoms with E-state index in [1.165, 1.54) is 13.2 Å². The van der Waals surface area contributed by atoms with Crippen LogP contribution in [0.1, 0.15) is 17.5 Å². The minimum absolute atomic E-state index is 0.0220. The van der Waals surface area contributed by atoms with Gasteiger partial charge in [-0.05, 0) is 23.3 Å². The number of phenolic OH excluding ortho intramolecular Hbond substituents is 1. The fraction of sp³-hybridized carbons (Fsp3) is 0.176. The summed E-state index contributed by atoms with van der Waals surface area (Å²) in [6.45, 7) is 0. The number of rotatable bonds is 3. The number of amides is 1. The minimum Gasteiger partial charge on any atom is -0.504 e. The molecule has 1 heterocycles. The molecule has 2 N–H and O–H groups in total. The Morgan fingerprint density at radius 3 is 2.41 bits per heavy atom. The van der Waals surface area contributed by atoms with Crippen molar-refractivity contribution in [1.82, 2.24) is 5.32 Å². The SMILES string of the molecule is COc1cc(C2(c3ccccc3)NC(=O)CC2=O)ccc1O. The van der Waals surface area contributed by atoms with Gasteiger partial charge in [0, 0.05) is 0 Å². The van der Waals surface area contributed by atoms with Gasteiger partial charge < -0.3 is 15.2 Å². The molecule has 1 saturated heterocycles. The molecule has 5 nitrogen and oxygen atoms in total. The van der Waals surface area contributed by atoms with Gasteiger partial charge in [-0.25, -0.2) is 0 Å². The summed E-state index contributed by atoms with van der Waals surface area (Å²) >= 11 is 0. The van der Waals surface area contributed by atoms with E-state index in [1.54, 1.807) is 24.3 Å². The quantitative estimate of drug-likeness (QED) is 0.846. The van der Waals surface area contributed by atoms with E-state index in [1.807, 2.05) is 18.2 Å². The number of carbonyl (C=O) groups excluding carboxylic acids is 2. The average molecular weight is 297 g/mol. The Morgan fingerprint density at radius 1 is 1.09 bits per heavy atom. The largest absolute Gasteiger partial charge is 0.504 e. The van der Waals surface area contributed by atoms with Crippen LogP contribution in [-0.4, -0.2) is 23.9 Å². The molecule has 1 aliphatic heterocycles. The molecule has 1 fully saturated rings. The molecule has 1 aliphatic rings. The van der Waals surface area contributed by atoms with Crippen LogP contribution in [0.5, 0.6) is 11.5 Å². The van der Waals surface area contributed by atoms with E-state index in [4.69, 9.17) is 4.74 Å². The third kappa shape index (κ3) is 2.02. The van der Waals surface area contributed by atoms with Crippen LogP contribution in [0.2, 0.25) is 0 Å². The first kappa shape index (κ1) is 14.1. The fourth-order valence-corrected chi connectivity index (χ4v) is 2.83. The van der Waals surface area contributed by atoms with Crippen molar-refractivity contribution in [2.45, 2.75) is 12.0 Å². The molecule has 1 unspecified atom stereocenters. The molecule has 1 atom stereocenters. The zero-order valence-corrected chi connectivity index (χ0v) is 12.0. The first-order chi connectivity index (χ1) is 10.6. The van der Waals surface area contributed by atoms with Gasteiger partial charge in [0.2, 0.25) is 5.91 Å². The lowest BCUT2D eigenvalue weighted by atomic mass is 9.80. The van der Waals surface area contributed by atoms with Crippen LogP contribution < -0.4 is 10.1 Å². The Balaban J connectivity index is 2.23. The van der Waals surface area contributed by atoms with Crippen LogP contribution >= 0.6 is 0 Å². The monoisotopic (exact) mass is 297 g/mol. The van der Waals surface area contributed by atoms with Crippen LogP contribution in [-0.2, 0) is 15.1 Å². The lowest BCUT2D eigenvalue weighted by Crippen LogP contribution is -2.44. The van der Waals surface area contributed by atoms with Crippen LogP contribution in [0.3, 0.4) is 0 Å². The van der Waals surface area contributed by atoms with E-state index < -0.39 is 5.54 Å². The normalized spacial score (nSPS) is 20.8. The molecule has 22 heavy (non-hydrogen) atoms. The van der Waals surface area contributed by atoms with Crippen molar-refractivity contribution < 1.29 is 19.4 Å². The Kier molecular flexibility index (Phi) is 3.33. The highest BCUT2D eigenvalue weighted by Crippen LogP contribution is 2.39. The Hall–Kier alpha value is -2.82. The lowest BCUT2D eigenvalue weighted by Gasteiger charge is -2.29. The van der Waals surface area contributed by atoms with Gasteiger partial charge in [-0.1, -0.05) is 36.4 Å². The number of hydrogen-bond acceptors (Lipinski definition) is 4. The highest BCUT2D eigenvalue weighted by Gasteiger charge is 2.48. The van der Waals surface area contributed by atoms with E-state index in [0.29, 0.717) is 11.1 Å². The molecule has 0 saturated carbocycles. The third-order valence-electron chi connectivity index (χ3n) is 3.89. The number of Topliss-reactive ketones (excluding diaryl/α,β-unsaturated/α-hetero) is 1. The van der Waals surface area contributed by atoms with Gasteiger partial charge in [0.05, 0.1) is 13.5 Å². The summed E-state index contributed by atoms with van der Waals surface area (Å²) < 4.78 is 5.11. The summed E-state index contributed by atoms with van der Waals surface area (Å²) in [6, 6.07) is 13.7. The van der Waals surface area contributed by atoms with Crippen molar-refractivity contribution in [2.24, 2.45) is 0 Å². The maximum absolute atomic E-state index is 12.6. The van der Waals surface area contributed by atoms with Crippen LogP contribution in [0.15, 0.2) is 48.5 Å². The molecule has 0 radical (unpaired) electrons. The minimum atomic E-state index is -1.24. The van der Waals surface area contributed by atoms with Gasteiger partial charge in [-0.15, -0.1) is 0 Å². The Bertz CT molecular complexity index is 742. The Morgan fingerprint density at radius 2 is 1.82 bits per heavy atom. The zero-order chi connectivity index (χ0) is 15.7. The van der Waals surface area contributed by atoms with Gasteiger partial charge in [-0.2, -0.15) is 0 Å². The molecule has 1 amide bonds. The summed E-state index contributed by atoms with van der Waals surface area (Å²) in [4.78, 5) is 24.4. The van der Waals surface area contributed by atoms with Gasteiger partial charge in [0.15, 0.2) is 22.8 Å². The lowest BCUT2D eigenvalue weighted by molar-refractivity contribution is -0.122. The maximum atomic E-state index is 12.6. The summed E-state index contributed by atoms with van der Waals surface area (Å²) in [5.74, 6) is -0.315. The second-order valence-corrected chi connectivity index (χ2v) is 5.15. The number of methoxy groups -OCH3 is 1. The molecular formula is C17H15NO4. The summed E-state index contributed by atoms with van der Waals surface area (Å²) in [5, 5.41) is 12.5. The van der Waals surface area contributed by atoms with Gasteiger partial charge in [0.1, 0.15) is 0 Å². The van der Waals surface area contributed by atoms with Crippen molar-refractivity contribution in [2.75, 3.05) is 7.11 Å². The van der Waals surface area contributed by atoms with Crippen molar-refractivity contribution >= 4 is 11.7 Å².